The second-order valence-corrected chi connectivity index (χ2v) is 4.49. The van der Waals surface area contributed by atoms with Crippen LogP contribution >= 0.6 is 0 Å². The third-order valence-electron chi connectivity index (χ3n) is 3.12. The minimum absolute atomic E-state index is 0.0230. The van der Waals surface area contributed by atoms with E-state index >= 15 is 0 Å². The van der Waals surface area contributed by atoms with Crippen molar-refractivity contribution in [3.05, 3.63) is 35.9 Å². The Morgan fingerprint density at radius 3 is 2.47 bits per heavy atom. The molecule has 0 radical (unpaired) electrons. The maximum Gasteiger partial charge on any atom is 0.0907 e. The van der Waals surface area contributed by atoms with E-state index in [1.165, 1.54) is 0 Å². The number of nitrogens with one attached hydrogen (secondary N) is 1. The van der Waals surface area contributed by atoms with E-state index in [1.54, 1.807) is 7.11 Å². The highest BCUT2D eigenvalue weighted by molar-refractivity contribution is 5.25. The smallest absolute Gasteiger partial charge is 0.0907 e. The first-order valence-electron chi connectivity index (χ1n) is 6.11. The van der Waals surface area contributed by atoms with Crippen LogP contribution in [0.1, 0.15) is 25.8 Å². The number of rotatable bonds is 7. The number of methoxy groups -OCH3 is 1. The van der Waals surface area contributed by atoms with Crippen molar-refractivity contribution in [3.8, 4) is 0 Å². The lowest BCUT2D eigenvalue weighted by atomic mass is 9.90. The van der Waals surface area contributed by atoms with Crippen LogP contribution in [0, 0.1) is 0 Å². The predicted molar refractivity (Wildman–Crippen MR) is 70.0 cm³/mol. The molecular formula is C14H23NO2. The average Bonchev–Trinajstić information content (AvgIpc) is 2.39. The molecule has 0 spiro atoms. The number of aliphatic hydroxyl groups is 1. The largest absolute Gasteiger partial charge is 0.394 e. The molecular weight excluding hydrogens is 214 g/mol. The van der Waals surface area contributed by atoms with Crippen LogP contribution in [0.5, 0.6) is 0 Å². The van der Waals surface area contributed by atoms with Gasteiger partial charge in [-0.2, -0.15) is 0 Å². The van der Waals surface area contributed by atoms with Gasteiger partial charge in [-0.3, -0.25) is 0 Å². The van der Waals surface area contributed by atoms with Gasteiger partial charge in [0.1, 0.15) is 0 Å². The van der Waals surface area contributed by atoms with E-state index < -0.39 is 5.54 Å². The van der Waals surface area contributed by atoms with Crippen molar-refractivity contribution in [2.24, 2.45) is 0 Å². The first kappa shape index (κ1) is 14.2. The zero-order chi connectivity index (χ0) is 12.7. The standard InChI is InChI=1S/C14H23NO2/c1-4-12(2)15-14(10-16,11-17-3)13-8-6-5-7-9-13/h5-9,12,15-16H,4,10-11H2,1-3H3. The predicted octanol–water partition coefficient (Wildman–Crippen LogP) is 1.91. The van der Waals surface area contributed by atoms with Gasteiger partial charge in [-0.15, -0.1) is 0 Å². The maximum atomic E-state index is 9.76. The van der Waals surface area contributed by atoms with Crippen LogP contribution < -0.4 is 5.32 Å². The molecule has 1 aromatic carbocycles. The Morgan fingerprint density at radius 2 is 2.00 bits per heavy atom. The zero-order valence-electron chi connectivity index (χ0n) is 10.9. The molecule has 0 aliphatic carbocycles. The number of aliphatic hydroxyl groups excluding tert-OH is 1. The summed E-state index contributed by atoms with van der Waals surface area (Å²) in [6.45, 7) is 4.72. The van der Waals surface area contributed by atoms with Gasteiger partial charge >= 0.3 is 0 Å². The third-order valence-corrected chi connectivity index (χ3v) is 3.12. The van der Waals surface area contributed by atoms with E-state index in [0.717, 1.165) is 12.0 Å². The molecule has 2 unspecified atom stereocenters. The lowest BCUT2D eigenvalue weighted by Gasteiger charge is -2.35. The van der Waals surface area contributed by atoms with Gasteiger partial charge in [-0.05, 0) is 18.9 Å². The molecule has 2 atom stereocenters. The van der Waals surface area contributed by atoms with E-state index in [-0.39, 0.29) is 6.61 Å². The number of benzene rings is 1. The van der Waals surface area contributed by atoms with Crippen molar-refractivity contribution in [1.82, 2.24) is 5.32 Å². The molecule has 0 saturated carbocycles. The van der Waals surface area contributed by atoms with Gasteiger partial charge in [-0.1, -0.05) is 37.3 Å². The fraction of sp³-hybridized carbons (Fsp3) is 0.571. The Kier molecular flexibility index (Phi) is 5.62. The second-order valence-electron chi connectivity index (χ2n) is 4.49. The monoisotopic (exact) mass is 237 g/mol. The number of hydrogen-bond acceptors (Lipinski definition) is 3. The molecule has 0 aromatic heterocycles. The van der Waals surface area contributed by atoms with Crippen LogP contribution in [0.25, 0.3) is 0 Å². The summed E-state index contributed by atoms with van der Waals surface area (Å²) in [4.78, 5) is 0. The fourth-order valence-corrected chi connectivity index (χ4v) is 1.97. The Hall–Kier alpha value is -0.900. The maximum absolute atomic E-state index is 9.76. The normalized spacial score (nSPS) is 16.5. The molecule has 2 N–H and O–H groups in total. The van der Waals surface area contributed by atoms with Gasteiger partial charge < -0.3 is 15.2 Å². The molecule has 0 saturated heterocycles. The zero-order valence-corrected chi connectivity index (χ0v) is 10.9. The third kappa shape index (κ3) is 3.53. The van der Waals surface area contributed by atoms with Gasteiger partial charge in [0.2, 0.25) is 0 Å². The minimum atomic E-state index is -0.508. The Morgan fingerprint density at radius 1 is 1.35 bits per heavy atom. The lowest BCUT2D eigenvalue weighted by Crippen LogP contribution is -2.52. The molecule has 1 aromatic rings. The Bertz CT molecular complexity index is 315. The van der Waals surface area contributed by atoms with Gasteiger partial charge in [0.25, 0.3) is 0 Å². The topological polar surface area (TPSA) is 41.5 Å². The summed E-state index contributed by atoms with van der Waals surface area (Å²) in [6.07, 6.45) is 1.01. The molecule has 0 heterocycles. The van der Waals surface area contributed by atoms with Gasteiger partial charge in [0.15, 0.2) is 0 Å². The van der Waals surface area contributed by atoms with Crippen molar-refractivity contribution in [1.29, 1.82) is 0 Å². The summed E-state index contributed by atoms with van der Waals surface area (Å²) in [7, 11) is 1.66. The van der Waals surface area contributed by atoms with Crippen LogP contribution in [-0.2, 0) is 10.3 Å². The summed E-state index contributed by atoms with van der Waals surface area (Å²) in [5.41, 5.74) is 0.551. The van der Waals surface area contributed by atoms with Crippen LogP contribution in [0.15, 0.2) is 30.3 Å². The molecule has 0 aliphatic heterocycles. The molecule has 0 bridgehead atoms. The Labute approximate surface area is 104 Å². The summed E-state index contributed by atoms with van der Waals surface area (Å²) in [5.74, 6) is 0. The molecule has 0 amide bonds. The highest BCUT2D eigenvalue weighted by Crippen LogP contribution is 2.22. The fourth-order valence-electron chi connectivity index (χ4n) is 1.97. The summed E-state index contributed by atoms with van der Waals surface area (Å²) < 4.78 is 5.28. The quantitative estimate of drug-likeness (QED) is 0.761. The molecule has 1 rings (SSSR count). The van der Waals surface area contributed by atoms with Crippen molar-refractivity contribution in [3.63, 3.8) is 0 Å². The highest BCUT2D eigenvalue weighted by atomic mass is 16.5. The van der Waals surface area contributed by atoms with Crippen LogP contribution in [-0.4, -0.2) is 31.5 Å². The Balaban J connectivity index is 2.99. The second kappa shape index (κ2) is 6.74. The van der Waals surface area contributed by atoms with Crippen LogP contribution in [0.3, 0.4) is 0 Å². The van der Waals surface area contributed by atoms with Crippen LogP contribution in [0.2, 0.25) is 0 Å². The van der Waals surface area contributed by atoms with Crippen molar-refractivity contribution >= 4 is 0 Å². The summed E-state index contributed by atoms with van der Waals surface area (Å²) in [5, 5.41) is 13.2. The van der Waals surface area contributed by atoms with E-state index in [9.17, 15) is 5.11 Å². The molecule has 17 heavy (non-hydrogen) atoms. The van der Waals surface area contributed by atoms with Crippen molar-refractivity contribution in [2.75, 3.05) is 20.3 Å². The summed E-state index contributed by atoms with van der Waals surface area (Å²) >= 11 is 0. The van der Waals surface area contributed by atoms with Gasteiger partial charge in [0, 0.05) is 13.2 Å². The van der Waals surface area contributed by atoms with Gasteiger partial charge in [-0.25, -0.2) is 0 Å². The van der Waals surface area contributed by atoms with E-state index in [4.69, 9.17) is 4.74 Å². The number of hydrogen-bond donors (Lipinski definition) is 2. The molecule has 0 aliphatic rings. The van der Waals surface area contributed by atoms with E-state index in [2.05, 4.69) is 19.2 Å². The summed E-state index contributed by atoms with van der Waals surface area (Å²) in [6, 6.07) is 10.3. The van der Waals surface area contributed by atoms with Gasteiger partial charge in [0.05, 0.1) is 18.8 Å². The lowest BCUT2D eigenvalue weighted by molar-refractivity contribution is 0.0532. The van der Waals surface area contributed by atoms with Crippen LogP contribution in [0.4, 0.5) is 0 Å². The first-order valence-corrected chi connectivity index (χ1v) is 6.11. The molecule has 96 valence electrons. The number of ether oxygens (including phenoxy) is 1. The van der Waals surface area contributed by atoms with E-state index in [1.807, 2.05) is 30.3 Å². The highest BCUT2D eigenvalue weighted by Gasteiger charge is 2.32. The molecule has 3 nitrogen and oxygen atoms in total. The SMILES string of the molecule is CCC(C)NC(CO)(COC)c1ccccc1. The van der Waals surface area contributed by atoms with Crippen molar-refractivity contribution in [2.45, 2.75) is 31.8 Å². The van der Waals surface area contributed by atoms with E-state index in [0.29, 0.717) is 12.6 Å². The molecule has 0 fully saturated rings. The molecule has 3 heteroatoms. The van der Waals surface area contributed by atoms with Crippen molar-refractivity contribution < 1.29 is 9.84 Å². The average molecular weight is 237 g/mol. The first-order chi connectivity index (χ1) is 8.18. The minimum Gasteiger partial charge on any atom is -0.394 e.